The Morgan fingerprint density at radius 3 is 2.40 bits per heavy atom. The zero-order chi connectivity index (χ0) is 7.56. The molecule has 1 aliphatic rings. The van der Waals surface area contributed by atoms with Crippen LogP contribution >= 0.6 is 0 Å². The van der Waals surface area contributed by atoms with Crippen LogP contribution in [0.3, 0.4) is 0 Å². The molecule has 0 aromatic carbocycles. The van der Waals surface area contributed by atoms with Gasteiger partial charge in [0.1, 0.15) is 0 Å². The van der Waals surface area contributed by atoms with E-state index in [4.69, 9.17) is 0 Å². The lowest BCUT2D eigenvalue weighted by Crippen LogP contribution is -2.58. The number of amides is 1. The maximum atomic E-state index is 10.5. The van der Waals surface area contributed by atoms with Gasteiger partial charge in [-0.05, 0) is 13.1 Å². The maximum absolute atomic E-state index is 10.5. The van der Waals surface area contributed by atoms with Crippen molar-refractivity contribution in [3.05, 3.63) is 0 Å². The number of hydrogen-bond acceptors (Lipinski definition) is 2. The van der Waals surface area contributed by atoms with Gasteiger partial charge in [0, 0.05) is 0 Å². The first-order chi connectivity index (χ1) is 4.77. The third-order valence-corrected chi connectivity index (χ3v) is 1.96. The van der Waals surface area contributed by atoms with Crippen molar-refractivity contribution in [3.8, 4) is 0 Å². The van der Waals surface area contributed by atoms with E-state index in [1.165, 1.54) is 0 Å². The molecule has 0 aromatic rings. The number of nitrogens with one attached hydrogen (secondary N) is 1. The highest BCUT2D eigenvalue weighted by Crippen LogP contribution is 2.08. The molecule has 58 valence electrons. The Morgan fingerprint density at radius 2 is 2.10 bits per heavy atom. The average Bonchev–Trinajstić information content (AvgIpc) is 1.87. The van der Waals surface area contributed by atoms with Crippen LogP contribution in [0.2, 0.25) is 0 Å². The number of nitrogens with zero attached hydrogens (tertiary/aromatic N) is 1. The van der Waals surface area contributed by atoms with E-state index in [2.05, 4.69) is 24.1 Å². The quantitative estimate of drug-likeness (QED) is 0.570. The zero-order valence-corrected chi connectivity index (χ0v) is 6.55. The molecule has 0 saturated carbocycles. The molecule has 10 heavy (non-hydrogen) atoms. The second-order valence-corrected chi connectivity index (χ2v) is 2.51. The van der Waals surface area contributed by atoms with E-state index in [0.717, 1.165) is 13.1 Å². The number of rotatable bonds is 3. The largest absolute Gasteiger partial charge is 0.340 e. The Kier molecular flexibility index (Phi) is 2.27. The van der Waals surface area contributed by atoms with Crippen LogP contribution in [0.5, 0.6) is 0 Å². The van der Waals surface area contributed by atoms with Crippen LogP contribution in [-0.2, 0) is 4.79 Å². The van der Waals surface area contributed by atoms with E-state index in [-0.39, 0.29) is 5.91 Å². The van der Waals surface area contributed by atoms with Gasteiger partial charge in [-0.2, -0.15) is 0 Å². The van der Waals surface area contributed by atoms with Gasteiger partial charge in [-0.3, -0.25) is 9.69 Å². The van der Waals surface area contributed by atoms with Crippen LogP contribution in [0.15, 0.2) is 0 Å². The summed E-state index contributed by atoms with van der Waals surface area (Å²) < 4.78 is 0. The second kappa shape index (κ2) is 3.01. The Bertz CT molecular complexity index is 124. The van der Waals surface area contributed by atoms with E-state index >= 15 is 0 Å². The molecular formula is C7H14N2O. The smallest absolute Gasteiger partial charge is 0.224 e. The molecule has 1 amide bonds. The van der Waals surface area contributed by atoms with Crippen LogP contribution in [0.1, 0.15) is 20.3 Å². The maximum Gasteiger partial charge on any atom is 0.224 e. The van der Waals surface area contributed by atoms with Gasteiger partial charge in [0.2, 0.25) is 5.91 Å². The minimum atomic E-state index is 0.178. The Labute approximate surface area is 61.4 Å². The van der Waals surface area contributed by atoms with E-state index < -0.39 is 0 Å². The number of carbonyl (C=O) groups is 1. The zero-order valence-electron chi connectivity index (χ0n) is 6.55. The Hall–Kier alpha value is -0.570. The van der Waals surface area contributed by atoms with Crippen molar-refractivity contribution in [1.82, 2.24) is 10.2 Å². The molecule has 1 unspecified atom stereocenters. The standard InChI is InChI=1S/C7H14N2O/c1-3-9(4-2)6-5-7(10)8-6/h6H,3-5H2,1-2H3,(H,8,10). The lowest BCUT2D eigenvalue weighted by molar-refractivity contribution is -0.132. The molecule has 1 aliphatic heterocycles. The minimum Gasteiger partial charge on any atom is -0.340 e. The Balaban J connectivity index is 2.27. The molecule has 1 saturated heterocycles. The summed E-state index contributed by atoms with van der Waals surface area (Å²) in [5.74, 6) is 0.178. The summed E-state index contributed by atoms with van der Waals surface area (Å²) in [7, 11) is 0. The first kappa shape index (κ1) is 7.54. The van der Waals surface area contributed by atoms with Crippen LogP contribution in [0.4, 0.5) is 0 Å². The summed E-state index contributed by atoms with van der Waals surface area (Å²) in [6, 6.07) is 0. The third-order valence-electron chi connectivity index (χ3n) is 1.96. The van der Waals surface area contributed by atoms with Crippen molar-refractivity contribution < 1.29 is 4.79 Å². The number of carbonyl (C=O) groups excluding carboxylic acids is 1. The monoisotopic (exact) mass is 142 g/mol. The highest BCUT2D eigenvalue weighted by atomic mass is 16.2. The summed E-state index contributed by atoms with van der Waals surface area (Å²) in [6.07, 6.45) is 1.00. The highest BCUT2D eigenvalue weighted by Gasteiger charge is 2.28. The van der Waals surface area contributed by atoms with Crippen LogP contribution in [-0.4, -0.2) is 30.1 Å². The van der Waals surface area contributed by atoms with E-state index in [0.29, 0.717) is 12.6 Å². The van der Waals surface area contributed by atoms with Crippen molar-refractivity contribution in [2.45, 2.75) is 26.4 Å². The molecule has 3 heteroatoms. The van der Waals surface area contributed by atoms with Crippen LogP contribution < -0.4 is 5.32 Å². The number of β-lactam (4-membered cyclic amide) rings is 1. The fourth-order valence-electron chi connectivity index (χ4n) is 1.23. The predicted octanol–water partition coefficient (Wildman–Crippen LogP) is 0.174. The summed E-state index contributed by atoms with van der Waals surface area (Å²) in [5, 5.41) is 2.83. The molecule has 1 fully saturated rings. The van der Waals surface area contributed by atoms with Crippen molar-refractivity contribution in [3.63, 3.8) is 0 Å². The van der Waals surface area contributed by atoms with Crippen molar-refractivity contribution in [2.75, 3.05) is 13.1 Å². The van der Waals surface area contributed by atoms with Crippen molar-refractivity contribution in [2.24, 2.45) is 0 Å². The SMILES string of the molecule is CCN(CC)C1CC(=O)N1. The van der Waals surface area contributed by atoms with Gasteiger partial charge >= 0.3 is 0 Å². The van der Waals surface area contributed by atoms with Crippen molar-refractivity contribution >= 4 is 5.91 Å². The normalized spacial score (nSPS) is 24.3. The van der Waals surface area contributed by atoms with Crippen LogP contribution in [0, 0.1) is 0 Å². The van der Waals surface area contributed by atoms with Gasteiger partial charge in [-0.25, -0.2) is 0 Å². The van der Waals surface area contributed by atoms with Gasteiger partial charge in [-0.1, -0.05) is 13.8 Å². The summed E-state index contributed by atoms with van der Waals surface area (Å²) in [6.45, 7) is 6.24. The average molecular weight is 142 g/mol. The lowest BCUT2D eigenvalue weighted by Gasteiger charge is -2.36. The van der Waals surface area contributed by atoms with Gasteiger partial charge in [-0.15, -0.1) is 0 Å². The highest BCUT2D eigenvalue weighted by molar-refractivity contribution is 5.82. The van der Waals surface area contributed by atoms with Gasteiger partial charge in [0.05, 0.1) is 12.6 Å². The molecule has 0 spiro atoms. The van der Waals surface area contributed by atoms with Gasteiger partial charge in [0.25, 0.3) is 0 Å². The van der Waals surface area contributed by atoms with Gasteiger partial charge in [0.15, 0.2) is 0 Å². The van der Waals surface area contributed by atoms with E-state index in [9.17, 15) is 4.79 Å². The van der Waals surface area contributed by atoms with Crippen LogP contribution in [0.25, 0.3) is 0 Å². The second-order valence-electron chi connectivity index (χ2n) is 2.51. The molecule has 3 nitrogen and oxygen atoms in total. The predicted molar refractivity (Wildman–Crippen MR) is 39.5 cm³/mol. The topological polar surface area (TPSA) is 32.3 Å². The summed E-state index contributed by atoms with van der Waals surface area (Å²) in [5.41, 5.74) is 0. The minimum absolute atomic E-state index is 0.178. The lowest BCUT2D eigenvalue weighted by atomic mass is 10.1. The number of hydrogen-bond donors (Lipinski definition) is 1. The third kappa shape index (κ3) is 1.29. The van der Waals surface area contributed by atoms with E-state index in [1.54, 1.807) is 0 Å². The van der Waals surface area contributed by atoms with Crippen molar-refractivity contribution in [1.29, 1.82) is 0 Å². The summed E-state index contributed by atoms with van der Waals surface area (Å²) >= 11 is 0. The fourth-order valence-corrected chi connectivity index (χ4v) is 1.23. The first-order valence-electron chi connectivity index (χ1n) is 3.81. The molecule has 0 aromatic heterocycles. The molecule has 1 heterocycles. The molecular weight excluding hydrogens is 128 g/mol. The molecule has 0 radical (unpaired) electrons. The molecule has 1 atom stereocenters. The Morgan fingerprint density at radius 1 is 1.60 bits per heavy atom. The van der Waals surface area contributed by atoms with Gasteiger partial charge < -0.3 is 5.32 Å². The molecule has 0 aliphatic carbocycles. The fraction of sp³-hybridized carbons (Fsp3) is 0.857. The molecule has 1 N–H and O–H groups in total. The summed E-state index contributed by atoms with van der Waals surface area (Å²) in [4.78, 5) is 12.7. The van der Waals surface area contributed by atoms with E-state index in [1.807, 2.05) is 0 Å². The molecule has 0 bridgehead atoms. The first-order valence-corrected chi connectivity index (χ1v) is 3.81. The molecule has 1 rings (SSSR count).